The van der Waals surface area contributed by atoms with Gasteiger partial charge in [-0.05, 0) is 81.2 Å². The minimum atomic E-state index is -4.67. The number of methoxy groups -OCH3 is 3. The number of aromatic amines is 1. The molecule has 1 aliphatic carbocycles. The minimum Gasteiger partial charge on any atom is -0.496 e. The summed E-state index contributed by atoms with van der Waals surface area (Å²) in [4.78, 5) is 67.1. The van der Waals surface area contributed by atoms with Crippen molar-refractivity contribution in [2.75, 3.05) is 59.0 Å². The molecule has 3 fully saturated rings. The number of amides is 1. The lowest BCUT2D eigenvalue weighted by Gasteiger charge is -2.64. The first-order valence-electron chi connectivity index (χ1n) is 22.2. The quantitative estimate of drug-likeness (QED) is 0.0809. The predicted octanol–water partition coefficient (Wildman–Crippen LogP) is 4.39. The van der Waals surface area contributed by atoms with Gasteiger partial charge in [-0.15, -0.1) is 0 Å². The van der Waals surface area contributed by atoms with Gasteiger partial charge in [0, 0.05) is 79.6 Å². The van der Waals surface area contributed by atoms with Gasteiger partial charge >= 0.3 is 28.3 Å². The summed E-state index contributed by atoms with van der Waals surface area (Å²) in [5.41, 5.74) is -1.04. The Labute approximate surface area is 380 Å². The number of ether oxygens (including phenoxy) is 4. The third-order valence-corrected chi connectivity index (χ3v) is 15.9. The van der Waals surface area contributed by atoms with E-state index in [9.17, 15) is 19.5 Å². The molecular weight excluding hydrogens is 861 g/mol. The number of piperidine rings is 1. The molecule has 0 radical (unpaired) electrons. The molecule has 10 atom stereocenters. The van der Waals surface area contributed by atoms with Crippen molar-refractivity contribution in [2.24, 2.45) is 16.7 Å². The Bertz CT molecular complexity index is 2560. The molecule has 6 heterocycles. The topological polar surface area (TPSA) is 226 Å². The number of carbonyl (C=O) groups is 4. The van der Waals surface area contributed by atoms with Gasteiger partial charge in [0.25, 0.3) is 0 Å². The first kappa shape index (κ1) is 46.7. The molecule has 18 heteroatoms. The smallest absolute Gasteiger partial charge is 0.394 e. The number of aliphatic hydroxyl groups is 1. The Balaban J connectivity index is 0.00000103. The molecule has 354 valence electrons. The highest BCUT2D eigenvalue weighted by molar-refractivity contribution is 7.79. The Morgan fingerprint density at radius 2 is 1.69 bits per heavy atom. The van der Waals surface area contributed by atoms with Crippen LogP contribution in [-0.4, -0.2) is 140 Å². The Kier molecular flexibility index (Phi) is 11.8. The average molecular weight is 923 g/mol. The second kappa shape index (κ2) is 16.5. The van der Waals surface area contributed by atoms with E-state index in [0.717, 1.165) is 34.1 Å². The number of fused-ring (bicyclic) bond motifs is 6. The molecule has 1 aromatic heterocycles. The molecule has 5 aliphatic heterocycles. The first-order valence-corrected chi connectivity index (χ1v) is 23.6. The van der Waals surface area contributed by atoms with Gasteiger partial charge in [0.2, 0.25) is 6.41 Å². The summed E-state index contributed by atoms with van der Waals surface area (Å²) in [6, 6.07) is 10.9. The van der Waals surface area contributed by atoms with Crippen LogP contribution in [0.3, 0.4) is 0 Å². The van der Waals surface area contributed by atoms with Crippen molar-refractivity contribution in [1.82, 2.24) is 14.8 Å². The molecule has 3 aromatic rings. The summed E-state index contributed by atoms with van der Waals surface area (Å²) in [5, 5.41) is 13.0. The van der Waals surface area contributed by atoms with Crippen molar-refractivity contribution in [3.63, 3.8) is 0 Å². The Morgan fingerprint density at radius 3 is 2.32 bits per heavy atom. The van der Waals surface area contributed by atoms with E-state index in [1.165, 1.54) is 21.1 Å². The molecule has 2 bridgehead atoms. The molecule has 17 nitrogen and oxygen atoms in total. The molecule has 9 rings (SSSR count). The van der Waals surface area contributed by atoms with Crippen LogP contribution in [0.15, 0.2) is 48.6 Å². The van der Waals surface area contributed by atoms with Crippen molar-refractivity contribution in [3.8, 4) is 5.75 Å². The number of nitrogens with zero attached hydrogens (tertiary/aromatic N) is 3. The second-order valence-electron chi connectivity index (χ2n) is 19.0. The fourth-order valence-corrected chi connectivity index (χ4v) is 13.8. The van der Waals surface area contributed by atoms with Crippen molar-refractivity contribution in [1.29, 1.82) is 0 Å². The lowest BCUT2D eigenvalue weighted by molar-refractivity contribution is -0.203. The van der Waals surface area contributed by atoms with Gasteiger partial charge in [0.05, 0.1) is 38.7 Å². The van der Waals surface area contributed by atoms with Crippen LogP contribution in [0.1, 0.15) is 83.6 Å². The Hall–Kier alpha value is -4.85. The number of rotatable bonds is 8. The molecule has 6 aliphatic rings. The van der Waals surface area contributed by atoms with E-state index in [2.05, 4.69) is 46.0 Å². The number of nitrogens with one attached hydrogen (secondary N) is 1. The van der Waals surface area contributed by atoms with Crippen molar-refractivity contribution in [3.05, 3.63) is 70.9 Å². The van der Waals surface area contributed by atoms with Crippen molar-refractivity contribution in [2.45, 2.75) is 101 Å². The summed E-state index contributed by atoms with van der Waals surface area (Å²) in [7, 11) is -0.334. The molecule has 1 saturated carbocycles. The third kappa shape index (κ3) is 6.91. The minimum absolute atomic E-state index is 0. The van der Waals surface area contributed by atoms with Crippen LogP contribution >= 0.6 is 0 Å². The number of para-hydroxylation sites is 1. The number of hydrogen-bond donors (Lipinski definition) is 4. The maximum atomic E-state index is 15.4. The SMILES string of the molecule is CCC12C=CCN3CC[C@@]4(c5cc([C@@]6(C(=O)OC)CC7CN(CCc8c6[nH]c6ccccc86)C[C@](O)(CC)C7)c(OC)cc5N(C=O)[C@H]4[C@@](C)(C(=O)OC)[C@@H]1OC(C)=O)[C@@H]32.O=S(=O)(O)O.[HH]. The van der Waals surface area contributed by atoms with Gasteiger partial charge in [-0.1, -0.05) is 44.2 Å². The molecule has 4 N–H and O–H groups in total. The zero-order valence-corrected chi connectivity index (χ0v) is 38.8. The summed E-state index contributed by atoms with van der Waals surface area (Å²) in [6.45, 7) is 10.5. The number of carbonyl (C=O) groups excluding carboxylic acids is 4. The van der Waals surface area contributed by atoms with Gasteiger partial charge in [-0.3, -0.25) is 38.1 Å². The van der Waals surface area contributed by atoms with E-state index in [0.29, 0.717) is 88.2 Å². The first-order chi connectivity index (χ1) is 30.8. The van der Waals surface area contributed by atoms with Crippen LogP contribution < -0.4 is 9.64 Å². The number of benzene rings is 2. The van der Waals surface area contributed by atoms with Crippen LogP contribution in [0.25, 0.3) is 10.9 Å². The normalized spacial score (nSPS) is 34.6. The third-order valence-electron chi connectivity index (χ3n) is 15.9. The molecule has 1 spiro atoms. The van der Waals surface area contributed by atoms with E-state index in [4.69, 9.17) is 36.5 Å². The monoisotopic (exact) mass is 922 g/mol. The average Bonchev–Trinajstić information content (AvgIpc) is 3.95. The fraction of sp³-hybridized carbons (Fsp3) is 0.574. The molecule has 2 saturated heterocycles. The number of H-pyrrole nitrogens is 1. The molecule has 3 unspecified atom stereocenters. The number of esters is 3. The van der Waals surface area contributed by atoms with Crippen LogP contribution in [-0.2, 0) is 61.0 Å². The van der Waals surface area contributed by atoms with Crippen molar-refractivity contribution >= 4 is 51.3 Å². The van der Waals surface area contributed by atoms with E-state index in [1.807, 2.05) is 31.2 Å². The zero-order chi connectivity index (χ0) is 47.1. The van der Waals surface area contributed by atoms with Crippen LogP contribution in [0.4, 0.5) is 5.69 Å². The van der Waals surface area contributed by atoms with E-state index in [-0.39, 0.29) is 13.4 Å². The lowest BCUT2D eigenvalue weighted by Crippen LogP contribution is -2.77. The van der Waals surface area contributed by atoms with Gasteiger partial charge in [0.1, 0.15) is 22.7 Å². The summed E-state index contributed by atoms with van der Waals surface area (Å²) < 4.78 is 55.9. The second-order valence-corrected chi connectivity index (χ2v) is 19.9. The summed E-state index contributed by atoms with van der Waals surface area (Å²) in [6.07, 6.45) is 7.17. The van der Waals surface area contributed by atoms with Gasteiger partial charge in [-0.2, -0.15) is 8.42 Å². The number of aromatic nitrogens is 1. The highest BCUT2D eigenvalue weighted by atomic mass is 32.3. The van der Waals surface area contributed by atoms with Crippen molar-refractivity contribution < 1.29 is 62.2 Å². The highest BCUT2D eigenvalue weighted by Crippen LogP contribution is 2.70. The van der Waals surface area contributed by atoms with Crippen LogP contribution in [0.2, 0.25) is 0 Å². The number of anilines is 1. The van der Waals surface area contributed by atoms with Gasteiger partial charge in [-0.25, -0.2) is 0 Å². The van der Waals surface area contributed by atoms with E-state index in [1.54, 1.807) is 18.9 Å². The maximum absolute atomic E-state index is 15.4. The largest absolute Gasteiger partial charge is 0.496 e. The maximum Gasteiger partial charge on any atom is 0.394 e. The fourth-order valence-electron chi connectivity index (χ4n) is 13.8. The Morgan fingerprint density at radius 1 is 0.985 bits per heavy atom. The zero-order valence-electron chi connectivity index (χ0n) is 38.0. The van der Waals surface area contributed by atoms with E-state index < -0.39 is 67.7 Å². The van der Waals surface area contributed by atoms with Gasteiger partial charge in [0.15, 0.2) is 0 Å². The highest BCUT2D eigenvalue weighted by Gasteiger charge is 2.79. The summed E-state index contributed by atoms with van der Waals surface area (Å²) in [5.74, 6) is -1.29. The summed E-state index contributed by atoms with van der Waals surface area (Å²) >= 11 is 0. The molecule has 65 heavy (non-hydrogen) atoms. The molecular formula is C47H62N4O13S. The predicted molar refractivity (Wildman–Crippen MR) is 240 cm³/mol. The standard InChI is InChI=1S/C47H58N4O9.H2O4S.H2/c1-8-44(56)23-29-24-47(42(55)59-7,37-31(15-19-49(25-29)26-44)30-13-10-11-14-34(30)48-37)33-21-32-35(22-36(33)57-5)51(27-52)38-43(4,41(54)58-6)40(60-28(3)53)45(9-2)16-12-18-50-20-17-46(32,38)39(45)50;1-5(2,3)4;/h10-14,16,21-22,27,29,38-40,48,56H,8-9,15,17-20,23-26H2,1-7H3;(H2,1,2,3,4);1H/t29?,38-,39-,40-,43+,44-,45?,46-,47-;;/m0../s1. The van der Waals surface area contributed by atoms with E-state index >= 15 is 4.79 Å². The molecule has 1 amide bonds. The molecule has 2 aromatic carbocycles. The van der Waals surface area contributed by atoms with Gasteiger partial charge < -0.3 is 33.9 Å². The van der Waals surface area contributed by atoms with Crippen LogP contribution in [0, 0.1) is 16.7 Å². The van der Waals surface area contributed by atoms with Crippen LogP contribution in [0.5, 0.6) is 5.75 Å². The number of hydrogen-bond acceptors (Lipinski definition) is 13. The lowest BCUT2D eigenvalue weighted by atomic mass is 9.45.